The van der Waals surface area contributed by atoms with Crippen LogP contribution in [0.25, 0.3) is 0 Å². The van der Waals surface area contributed by atoms with Crippen molar-refractivity contribution >= 4 is 11.6 Å². The Bertz CT molecular complexity index is 1170. The van der Waals surface area contributed by atoms with Crippen LogP contribution in [-0.2, 0) is 22.7 Å². The lowest BCUT2D eigenvalue weighted by Gasteiger charge is -2.31. The van der Waals surface area contributed by atoms with Gasteiger partial charge in [-0.15, -0.1) is 0 Å². The van der Waals surface area contributed by atoms with Crippen LogP contribution >= 0.6 is 0 Å². The Hall–Kier alpha value is -3.86. The molecule has 2 fully saturated rings. The van der Waals surface area contributed by atoms with Crippen molar-refractivity contribution < 1.29 is 14.3 Å². The molecule has 3 aromatic carbocycles. The maximum atomic E-state index is 13.6. The van der Waals surface area contributed by atoms with Gasteiger partial charge in [-0.3, -0.25) is 9.59 Å². The monoisotopic (exact) mass is 466 g/mol. The average Bonchev–Trinajstić information content (AvgIpc) is 3.26. The summed E-state index contributed by atoms with van der Waals surface area (Å²) < 4.78 is 5.51. The highest BCUT2D eigenvalue weighted by molar-refractivity contribution is 6.22. The van der Waals surface area contributed by atoms with E-state index in [0.717, 1.165) is 41.4 Å². The molecular weight excluding hydrogens is 436 g/mol. The SMILES string of the molecule is COc1ccccc1C1CC(=O)C(=C2N(Cc3ccccc3)CCN2Cc2ccccc2)C(=O)C1. The molecule has 178 valence electrons. The summed E-state index contributed by atoms with van der Waals surface area (Å²) >= 11 is 0. The summed E-state index contributed by atoms with van der Waals surface area (Å²) in [7, 11) is 1.63. The number of carbonyl (C=O) groups is 2. The van der Waals surface area contributed by atoms with Crippen LogP contribution in [0.15, 0.2) is 96.3 Å². The van der Waals surface area contributed by atoms with Crippen LogP contribution in [-0.4, -0.2) is 41.6 Å². The molecule has 5 nitrogen and oxygen atoms in total. The van der Waals surface area contributed by atoms with Gasteiger partial charge in [0.05, 0.1) is 7.11 Å². The third-order valence-electron chi connectivity index (χ3n) is 6.90. The average molecular weight is 467 g/mol. The van der Waals surface area contributed by atoms with Gasteiger partial charge in [0.15, 0.2) is 11.6 Å². The molecule has 5 heteroatoms. The molecule has 1 heterocycles. The zero-order chi connectivity index (χ0) is 24.2. The zero-order valence-corrected chi connectivity index (χ0v) is 20.0. The van der Waals surface area contributed by atoms with Gasteiger partial charge in [-0.2, -0.15) is 0 Å². The van der Waals surface area contributed by atoms with E-state index in [1.54, 1.807) is 7.11 Å². The van der Waals surface area contributed by atoms with Gasteiger partial charge < -0.3 is 14.5 Å². The molecule has 1 aliphatic heterocycles. The van der Waals surface area contributed by atoms with Gasteiger partial charge in [-0.25, -0.2) is 0 Å². The van der Waals surface area contributed by atoms with E-state index in [9.17, 15) is 9.59 Å². The molecule has 0 unspecified atom stereocenters. The number of ketones is 2. The minimum absolute atomic E-state index is 0.0785. The first-order valence-electron chi connectivity index (χ1n) is 12.2. The number of nitrogens with zero attached hydrogens (tertiary/aromatic N) is 2. The highest BCUT2D eigenvalue weighted by Crippen LogP contribution is 2.39. The first-order valence-corrected chi connectivity index (χ1v) is 12.2. The molecular formula is C30H30N2O3. The van der Waals surface area contributed by atoms with E-state index in [1.807, 2.05) is 60.7 Å². The molecule has 1 saturated heterocycles. The van der Waals surface area contributed by atoms with Crippen LogP contribution in [0.2, 0.25) is 0 Å². The highest BCUT2D eigenvalue weighted by atomic mass is 16.5. The molecule has 1 aliphatic carbocycles. The summed E-state index contributed by atoms with van der Waals surface area (Å²) in [6.07, 6.45) is 0.618. The number of Topliss-reactive ketones (excluding diaryl/α,β-unsaturated/α-hetero) is 2. The first kappa shape index (κ1) is 22.9. The lowest BCUT2D eigenvalue weighted by atomic mass is 9.79. The first-order chi connectivity index (χ1) is 17.1. The van der Waals surface area contributed by atoms with Crippen LogP contribution in [0.4, 0.5) is 0 Å². The molecule has 0 bridgehead atoms. The number of hydrogen-bond acceptors (Lipinski definition) is 5. The molecule has 0 radical (unpaired) electrons. The summed E-state index contributed by atoms with van der Waals surface area (Å²) in [6.45, 7) is 2.89. The number of ether oxygens (including phenoxy) is 1. The Morgan fingerprint density at radius 3 is 1.71 bits per heavy atom. The summed E-state index contributed by atoms with van der Waals surface area (Å²) in [4.78, 5) is 31.6. The summed E-state index contributed by atoms with van der Waals surface area (Å²) in [5.74, 6) is 1.19. The van der Waals surface area contributed by atoms with Crippen molar-refractivity contribution in [3.63, 3.8) is 0 Å². The van der Waals surface area contributed by atoms with E-state index < -0.39 is 0 Å². The van der Waals surface area contributed by atoms with E-state index in [2.05, 4.69) is 34.1 Å². The number of hydrogen-bond donors (Lipinski definition) is 0. The maximum absolute atomic E-state index is 13.6. The predicted octanol–water partition coefficient (Wildman–Crippen LogP) is 4.94. The Labute approximate surface area is 206 Å². The predicted molar refractivity (Wildman–Crippen MR) is 136 cm³/mol. The normalized spacial score (nSPS) is 18.4. The topological polar surface area (TPSA) is 49.9 Å². The molecule has 1 saturated carbocycles. The largest absolute Gasteiger partial charge is 0.496 e. The van der Waals surface area contributed by atoms with E-state index in [1.165, 1.54) is 0 Å². The third kappa shape index (κ3) is 4.85. The quantitative estimate of drug-likeness (QED) is 0.380. The van der Waals surface area contributed by atoms with Crippen LogP contribution in [0.3, 0.4) is 0 Å². The number of rotatable bonds is 6. The third-order valence-corrected chi connectivity index (χ3v) is 6.90. The highest BCUT2D eigenvalue weighted by Gasteiger charge is 2.39. The maximum Gasteiger partial charge on any atom is 0.170 e. The standard InChI is InChI=1S/C30H30N2O3/c1-35-28-15-9-8-14-25(28)24-18-26(33)29(27(34)19-24)30-31(20-22-10-4-2-5-11-22)16-17-32(30)21-23-12-6-3-7-13-23/h2-15,24H,16-21H2,1H3. The van der Waals surface area contributed by atoms with Crippen LogP contribution in [0.5, 0.6) is 5.75 Å². The Balaban J connectivity index is 1.49. The molecule has 2 aliphatic rings. The zero-order valence-electron chi connectivity index (χ0n) is 20.0. The number of benzene rings is 3. The van der Waals surface area contributed by atoms with Crippen molar-refractivity contribution in [3.8, 4) is 5.75 Å². The number of para-hydroxylation sites is 1. The van der Waals surface area contributed by atoms with Crippen molar-refractivity contribution in [2.24, 2.45) is 0 Å². The molecule has 0 N–H and O–H groups in total. The van der Waals surface area contributed by atoms with Crippen molar-refractivity contribution in [2.45, 2.75) is 31.8 Å². The lowest BCUT2D eigenvalue weighted by Crippen LogP contribution is -2.33. The Morgan fingerprint density at radius 2 is 1.20 bits per heavy atom. The van der Waals surface area contributed by atoms with Gasteiger partial charge in [-0.05, 0) is 22.8 Å². The van der Waals surface area contributed by atoms with Crippen molar-refractivity contribution in [1.82, 2.24) is 9.80 Å². The van der Waals surface area contributed by atoms with Gasteiger partial charge in [0.1, 0.15) is 17.1 Å². The van der Waals surface area contributed by atoms with Crippen LogP contribution in [0, 0.1) is 0 Å². The second-order valence-corrected chi connectivity index (χ2v) is 9.21. The molecule has 0 atom stereocenters. The minimum Gasteiger partial charge on any atom is -0.496 e. The Kier molecular flexibility index (Phi) is 6.66. The van der Waals surface area contributed by atoms with Gasteiger partial charge >= 0.3 is 0 Å². The fourth-order valence-electron chi connectivity index (χ4n) is 5.24. The van der Waals surface area contributed by atoms with Crippen LogP contribution < -0.4 is 4.74 Å². The van der Waals surface area contributed by atoms with E-state index in [-0.39, 0.29) is 17.5 Å². The van der Waals surface area contributed by atoms with Gasteiger partial charge in [0, 0.05) is 44.9 Å². The molecule has 3 aromatic rings. The molecule has 0 amide bonds. The van der Waals surface area contributed by atoms with E-state index in [0.29, 0.717) is 31.5 Å². The second kappa shape index (κ2) is 10.2. The summed E-state index contributed by atoms with van der Waals surface area (Å²) in [5.41, 5.74) is 3.61. The van der Waals surface area contributed by atoms with Crippen molar-refractivity contribution in [1.29, 1.82) is 0 Å². The van der Waals surface area contributed by atoms with Gasteiger partial charge in [0.2, 0.25) is 0 Å². The van der Waals surface area contributed by atoms with E-state index in [4.69, 9.17) is 4.74 Å². The number of carbonyl (C=O) groups excluding carboxylic acids is 2. The lowest BCUT2D eigenvalue weighted by molar-refractivity contribution is -0.124. The minimum atomic E-state index is -0.165. The second-order valence-electron chi connectivity index (χ2n) is 9.21. The van der Waals surface area contributed by atoms with Gasteiger partial charge in [-0.1, -0.05) is 78.9 Å². The number of methoxy groups -OCH3 is 1. The van der Waals surface area contributed by atoms with Gasteiger partial charge in [0.25, 0.3) is 0 Å². The smallest absolute Gasteiger partial charge is 0.170 e. The Morgan fingerprint density at radius 1 is 0.714 bits per heavy atom. The van der Waals surface area contributed by atoms with Crippen molar-refractivity contribution in [3.05, 3.63) is 113 Å². The van der Waals surface area contributed by atoms with Crippen LogP contribution in [0.1, 0.15) is 35.4 Å². The fraction of sp³-hybridized carbons (Fsp3) is 0.267. The molecule has 0 aromatic heterocycles. The van der Waals surface area contributed by atoms with E-state index >= 15 is 0 Å². The molecule has 0 spiro atoms. The fourth-order valence-corrected chi connectivity index (χ4v) is 5.24. The number of allylic oxidation sites excluding steroid dienone is 1. The summed E-state index contributed by atoms with van der Waals surface area (Å²) in [6, 6.07) is 28.1. The molecule has 35 heavy (non-hydrogen) atoms. The van der Waals surface area contributed by atoms with Crippen molar-refractivity contribution in [2.75, 3.05) is 20.2 Å². The molecule has 5 rings (SSSR count). The summed E-state index contributed by atoms with van der Waals surface area (Å²) in [5, 5.41) is 0.